The Balaban J connectivity index is 2.59. The highest BCUT2D eigenvalue weighted by atomic mass is 32.2. The van der Waals surface area contributed by atoms with E-state index in [2.05, 4.69) is 4.74 Å². The van der Waals surface area contributed by atoms with Gasteiger partial charge in [-0.15, -0.1) is 0 Å². The van der Waals surface area contributed by atoms with Gasteiger partial charge in [0.1, 0.15) is 0 Å². The fraction of sp³-hybridized carbons (Fsp3) is 0.909. The normalized spacial score (nSPS) is 24.9. The molecule has 1 rings (SSSR count). The third-order valence-electron chi connectivity index (χ3n) is 3.34. The number of methoxy groups -OCH3 is 1. The van der Waals surface area contributed by atoms with Crippen molar-refractivity contribution in [3.05, 3.63) is 0 Å². The molecular formula is C11H18F3NO4S. The SMILES string of the molecule is COC(=O)C1CN(S(=O)(=O)CCCC(F)(F)F)CC1C. The van der Waals surface area contributed by atoms with E-state index < -0.39 is 46.7 Å². The third-order valence-corrected chi connectivity index (χ3v) is 5.23. The molecule has 1 saturated heterocycles. The predicted molar refractivity (Wildman–Crippen MR) is 65.3 cm³/mol. The van der Waals surface area contributed by atoms with Gasteiger partial charge in [-0.3, -0.25) is 4.79 Å². The lowest BCUT2D eigenvalue weighted by atomic mass is 9.99. The van der Waals surface area contributed by atoms with Gasteiger partial charge in [0.05, 0.1) is 18.8 Å². The van der Waals surface area contributed by atoms with E-state index in [4.69, 9.17) is 0 Å². The van der Waals surface area contributed by atoms with Crippen molar-refractivity contribution >= 4 is 16.0 Å². The number of nitrogens with zero attached hydrogens (tertiary/aromatic N) is 1. The Morgan fingerprint density at radius 2 is 1.95 bits per heavy atom. The molecule has 0 N–H and O–H groups in total. The van der Waals surface area contributed by atoms with Crippen LogP contribution in [0.3, 0.4) is 0 Å². The van der Waals surface area contributed by atoms with E-state index >= 15 is 0 Å². The zero-order valence-electron chi connectivity index (χ0n) is 11.3. The maximum atomic E-state index is 12.0. The van der Waals surface area contributed by atoms with Gasteiger partial charge in [-0.2, -0.15) is 13.2 Å². The average Bonchev–Trinajstić information content (AvgIpc) is 2.69. The van der Waals surface area contributed by atoms with Gasteiger partial charge in [0.2, 0.25) is 10.0 Å². The summed E-state index contributed by atoms with van der Waals surface area (Å²) in [7, 11) is -2.55. The molecule has 2 unspecified atom stereocenters. The van der Waals surface area contributed by atoms with Crippen LogP contribution in [0, 0.1) is 11.8 Å². The first-order chi connectivity index (χ1) is 9.07. The number of rotatable bonds is 5. The molecule has 20 heavy (non-hydrogen) atoms. The lowest BCUT2D eigenvalue weighted by Gasteiger charge is -2.16. The van der Waals surface area contributed by atoms with E-state index in [1.807, 2.05) is 0 Å². The van der Waals surface area contributed by atoms with Gasteiger partial charge in [0.25, 0.3) is 0 Å². The van der Waals surface area contributed by atoms with Crippen molar-refractivity contribution in [1.29, 1.82) is 0 Å². The zero-order chi connectivity index (χ0) is 15.6. The molecule has 118 valence electrons. The summed E-state index contributed by atoms with van der Waals surface area (Å²) in [6.07, 6.45) is -5.96. The molecule has 0 bridgehead atoms. The highest BCUT2D eigenvalue weighted by Crippen LogP contribution is 2.28. The van der Waals surface area contributed by atoms with Crippen molar-refractivity contribution in [2.45, 2.75) is 25.9 Å². The number of hydrogen-bond acceptors (Lipinski definition) is 4. The predicted octanol–water partition coefficient (Wildman–Crippen LogP) is 1.40. The molecule has 1 aliphatic rings. The first kappa shape index (κ1) is 17.2. The number of carbonyl (C=O) groups is 1. The van der Waals surface area contributed by atoms with Crippen molar-refractivity contribution in [3.8, 4) is 0 Å². The van der Waals surface area contributed by atoms with Crippen molar-refractivity contribution in [1.82, 2.24) is 4.31 Å². The number of hydrogen-bond donors (Lipinski definition) is 0. The maximum Gasteiger partial charge on any atom is 0.389 e. The molecule has 0 spiro atoms. The van der Waals surface area contributed by atoms with Gasteiger partial charge < -0.3 is 4.74 Å². The summed E-state index contributed by atoms with van der Waals surface area (Å²) < 4.78 is 65.6. The summed E-state index contributed by atoms with van der Waals surface area (Å²) in [6.45, 7) is 1.82. The number of halogens is 3. The number of carbonyl (C=O) groups excluding carboxylic acids is 1. The first-order valence-electron chi connectivity index (χ1n) is 6.19. The minimum absolute atomic E-state index is 0.0256. The number of alkyl halides is 3. The second-order valence-electron chi connectivity index (χ2n) is 4.96. The summed E-state index contributed by atoms with van der Waals surface area (Å²) in [4.78, 5) is 11.5. The van der Waals surface area contributed by atoms with Crippen molar-refractivity contribution < 1.29 is 31.1 Å². The van der Waals surface area contributed by atoms with Gasteiger partial charge in [0.15, 0.2) is 0 Å². The largest absolute Gasteiger partial charge is 0.469 e. The van der Waals surface area contributed by atoms with Crippen molar-refractivity contribution in [2.24, 2.45) is 11.8 Å². The topological polar surface area (TPSA) is 63.7 Å². The molecule has 0 amide bonds. The van der Waals surface area contributed by atoms with E-state index in [9.17, 15) is 26.4 Å². The average molecular weight is 317 g/mol. The van der Waals surface area contributed by atoms with Crippen LogP contribution in [-0.4, -0.2) is 50.8 Å². The summed E-state index contributed by atoms with van der Waals surface area (Å²) in [5.74, 6) is -1.82. The van der Waals surface area contributed by atoms with Crippen LogP contribution in [0.5, 0.6) is 0 Å². The molecule has 9 heteroatoms. The Morgan fingerprint density at radius 1 is 1.35 bits per heavy atom. The molecule has 1 fully saturated rings. The van der Waals surface area contributed by atoms with E-state index in [0.717, 1.165) is 4.31 Å². The maximum absolute atomic E-state index is 12.0. The molecule has 0 aromatic carbocycles. The van der Waals surface area contributed by atoms with Crippen LogP contribution < -0.4 is 0 Å². The Kier molecular flexibility index (Phi) is 5.42. The van der Waals surface area contributed by atoms with Crippen LogP contribution in [0.15, 0.2) is 0 Å². The third kappa shape index (κ3) is 4.62. The molecule has 0 aliphatic carbocycles. The second kappa shape index (κ2) is 6.30. The Hall–Kier alpha value is -0.830. The molecular weight excluding hydrogens is 299 g/mol. The fourth-order valence-electron chi connectivity index (χ4n) is 2.19. The Morgan fingerprint density at radius 3 is 2.45 bits per heavy atom. The molecule has 0 saturated carbocycles. The van der Waals surface area contributed by atoms with Gasteiger partial charge >= 0.3 is 12.1 Å². The van der Waals surface area contributed by atoms with Crippen LogP contribution in [0.1, 0.15) is 19.8 Å². The van der Waals surface area contributed by atoms with Crippen LogP contribution in [0.4, 0.5) is 13.2 Å². The van der Waals surface area contributed by atoms with Crippen molar-refractivity contribution in [3.63, 3.8) is 0 Å². The first-order valence-corrected chi connectivity index (χ1v) is 7.80. The standard InChI is InChI=1S/C11H18F3NO4S/c1-8-6-15(7-9(8)10(16)19-2)20(17,18)5-3-4-11(12,13)14/h8-9H,3-7H2,1-2H3. The smallest absolute Gasteiger partial charge is 0.389 e. The fourth-order valence-corrected chi connectivity index (χ4v) is 3.81. The minimum atomic E-state index is -4.36. The Labute approximate surface area is 116 Å². The molecule has 0 radical (unpaired) electrons. The van der Waals surface area contributed by atoms with Crippen LogP contribution >= 0.6 is 0 Å². The highest BCUT2D eigenvalue weighted by Gasteiger charge is 2.40. The number of ether oxygens (including phenoxy) is 1. The monoisotopic (exact) mass is 317 g/mol. The summed E-state index contributed by atoms with van der Waals surface area (Å²) in [6, 6.07) is 0. The van der Waals surface area contributed by atoms with Gasteiger partial charge in [-0.05, 0) is 12.3 Å². The van der Waals surface area contributed by atoms with Gasteiger partial charge in [-0.25, -0.2) is 12.7 Å². The van der Waals surface area contributed by atoms with Crippen LogP contribution in [0.25, 0.3) is 0 Å². The van der Waals surface area contributed by atoms with E-state index in [0.29, 0.717) is 0 Å². The molecule has 0 aromatic rings. The summed E-state index contributed by atoms with van der Waals surface area (Å²) in [5.41, 5.74) is 0. The number of esters is 1. The lowest BCUT2D eigenvalue weighted by molar-refractivity contribution is -0.146. The quantitative estimate of drug-likeness (QED) is 0.719. The molecule has 1 aliphatic heterocycles. The summed E-state index contributed by atoms with van der Waals surface area (Å²) in [5, 5.41) is 0. The molecule has 2 atom stereocenters. The minimum Gasteiger partial charge on any atom is -0.469 e. The number of sulfonamides is 1. The lowest BCUT2D eigenvalue weighted by Crippen LogP contribution is -2.32. The molecule has 1 heterocycles. The van der Waals surface area contributed by atoms with Gasteiger partial charge in [0, 0.05) is 19.5 Å². The highest BCUT2D eigenvalue weighted by molar-refractivity contribution is 7.89. The van der Waals surface area contributed by atoms with Crippen LogP contribution in [-0.2, 0) is 19.6 Å². The van der Waals surface area contributed by atoms with E-state index in [-0.39, 0.29) is 19.0 Å². The van der Waals surface area contributed by atoms with Gasteiger partial charge in [-0.1, -0.05) is 6.92 Å². The summed E-state index contributed by atoms with van der Waals surface area (Å²) >= 11 is 0. The Bertz CT molecular complexity index is 449. The second-order valence-corrected chi connectivity index (χ2v) is 7.05. The zero-order valence-corrected chi connectivity index (χ0v) is 12.1. The van der Waals surface area contributed by atoms with E-state index in [1.165, 1.54) is 7.11 Å². The molecule has 5 nitrogen and oxygen atoms in total. The van der Waals surface area contributed by atoms with Crippen molar-refractivity contribution in [2.75, 3.05) is 26.0 Å². The van der Waals surface area contributed by atoms with E-state index in [1.54, 1.807) is 6.92 Å². The van der Waals surface area contributed by atoms with Crippen LogP contribution in [0.2, 0.25) is 0 Å². The molecule has 0 aromatic heterocycles.